The topological polar surface area (TPSA) is 0 Å². The number of benzene rings is 3. The second kappa shape index (κ2) is 7.19. The molecular formula is C20H20P2. The van der Waals surface area contributed by atoms with Gasteiger partial charge in [0.15, 0.2) is 0 Å². The van der Waals surface area contributed by atoms with Crippen LogP contribution >= 0.6 is 17.2 Å². The first-order valence-corrected chi connectivity index (χ1v) is 9.48. The average Bonchev–Trinajstić information content (AvgIpc) is 2.54. The van der Waals surface area contributed by atoms with Crippen LogP contribution < -0.4 is 21.2 Å². The van der Waals surface area contributed by atoms with E-state index in [2.05, 4.69) is 86.6 Å². The summed E-state index contributed by atoms with van der Waals surface area (Å²) in [5.41, 5.74) is 2.78. The zero-order valence-electron chi connectivity index (χ0n) is 12.9. The van der Waals surface area contributed by atoms with E-state index < -0.39 is 0 Å². The molecule has 110 valence electrons. The highest BCUT2D eigenvalue weighted by Gasteiger charge is 2.07. The van der Waals surface area contributed by atoms with E-state index in [9.17, 15) is 0 Å². The van der Waals surface area contributed by atoms with Crippen molar-refractivity contribution in [2.45, 2.75) is 13.8 Å². The van der Waals surface area contributed by atoms with Crippen LogP contribution in [0, 0.1) is 13.8 Å². The van der Waals surface area contributed by atoms with Gasteiger partial charge in [-0.25, -0.2) is 0 Å². The maximum atomic E-state index is 2.38. The largest absolute Gasteiger partial charge is 0.0622 e. The quantitative estimate of drug-likeness (QED) is 0.644. The summed E-state index contributed by atoms with van der Waals surface area (Å²) in [6.07, 6.45) is 0. The molecule has 0 fully saturated rings. The molecule has 0 aliphatic rings. The Morgan fingerprint density at radius 2 is 0.909 bits per heavy atom. The number of aryl methyl sites for hydroxylation is 2. The van der Waals surface area contributed by atoms with Crippen molar-refractivity contribution in [3.8, 4) is 0 Å². The van der Waals surface area contributed by atoms with Crippen molar-refractivity contribution in [1.29, 1.82) is 0 Å². The fourth-order valence-electron chi connectivity index (χ4n) is 2.38. The van der Waals surface area contributed by atoms with Crippen molar-refractivity contribution >= 4 is 38.4 Å². The van der Waals surface area contributed by atoms with Gasteiger partial charge in [-0.2, -0.15) is 0 Å². The summed E-state index contributed by atoms with van der Waals surface area (Å²) in [5, 5.41) is 5.78. The average molecular weight is 322 g/mol. The highest BCUT2D eigenvalue weighted by atomic mass is 31.1. The van der Waals surface area contributed by atoms with Crippen LogP contribution in [0.2, 0.25) is 0 Å². The van der Waals surface area contributed by atoms with Gasteiger partial charge in [-0.1, -0.05) is 90.0 Å². The summed E-state index contributed by atoms with van der Waals surface area (Å²) in [6, 6.07) is 26.3. The van der Waals surface area contributed by atoms with Crippen LogP contribution in [0.15, 0.2) is 72.8 Å². The van der Waals surface area contributed by atoms with E-state index in [1.807, 2.05) is 0 Å². The molecule has 3 rings (SSSR count). The first-order valence-electron chi connectivity index (χ1n) is 7.48. The highest BCUT2D eigenvalue weighted by Crippen LogP contribution is 2.19. The molecule has 0 aromatic heterocycles. The molecule has 3 aromatic carbocycles. The number of hydrogen-bond acceptors (Lipinski definition) is 0. The van der Waals surface area contributed by atoms with Crippen LogP contribution in [0.3, 0.4) is 0 Å². The molecule has 3 aromatic rings. The van der Waals surface area contributed by atoms with Crippen molar-refractivity contribution in [2.24, 2.45) is 0 Å². The predicted octanol–water partition coefficient (Wildman–Crippen LogP) is 3.56. The molecule has 0 saturated carbocycles. The Morgan fingerprint density at radius 3 is 1.27 bits per heavy atom. The maximum Gasteiger partial charge on any atom is -0.0146 e. The molecule has 0 saturated heterocycles. The standard InChI is InChI=1S/C20H20P2/c1-15-13-19(21-17-9-5-3-6-10-17)20(14-16(15)2)22-18-11-7-4-8-12-18/h3-14,21-22H,1-2H3. The van der Waals surface area contributed by atoms with Gasteiger partial charge in [0.1, 0.15) is 0 Å². The molecule has 0 spiro atoms. The molecule has 0 N–H and O–H groups in total. The molecule has 0 amide bonds. The minimum Gasteiger partial charge on any atom is -0.0622 e. The summed E-state index contributed by atoms with van der Waals surface area (Å²) in [6.45, 7) is 4.42. The van der Waals surface area contributed by atoms with E-state index in [4.69, 9.17) is 0 Å². The van der Waals surface area contributed by atoms with Gasteiger partial charge in [0.25, 0.3) is 0 Å². The Labute approximate surface area is 136 Å². The predicted molar refractivity (Wildman–Crippen MR) is 104 cm³/mol. The molecule has 0 bridgehead atoms. The first-order chi connectivity index (χ1) is 10.7. The molecule has 2 unspecified atom stereocenters. The molecule has 0 aliphatic heterocycles. The SMILES string of the molecule is Cc1cc(Pc2ccccc2)c(Pc2ccccc2)cc1C. The van der Waals surface area contributed by atoms with Gasteiger partial charge in [-0.3, -0.25) is 0 Å². The van der Waals surface area contributed by atoms with Crippen LogP contribution in [-0.4, -0.2) is 0 Å². The third kappa shape index (κ3) is 3.83. The Morgan fingerprint density at radius 1 is 0.545 bits per heavy atom. The van der Waals surface area contributed by atoms with Gasteiger partial charge >= 0.3 is 0 Å². The summed E-state index contributed by atoms with van der Waals surface area (Å²) in [7, 11) is 1.45. The minimum atomic E-state index is 0.727. The Balaban J connectivity index is 1.95. The van der Waals surface area contributed by atoms with Crippen molar-refractivity contribution < 1.29 is 0 Å². The van der Waals surface area contributed by atoms with Gasteiger partial charge in [-0.15, -0.1) is 0 Å². The molecule has 22 heavy (non-hydrogen) atoms. The van der Waals surface area contributed by atoms with E-state index in [1.54, 1.807) is 0 Å². The van der Waals surface area contributed by atoms with Gasteiger partial charge < -0.3 is 0 Å². The van der Waals surface area contributed by atoms with Crippen molar-refractivity contribution in [3.63, 3.8) is 0 Å². The number of hydrogen-bond donors (Lipinski definition) is 0. The first kappa shape index (κ1) is 15.4. The van der Waals surface area contributed by atoms with E-state index in [1.165, 1.54) is 32.3 Å². The third-order valence-corrected chi connectivity index (χ3v) is 6.60. The molecular weight excluding hydrogens is 302 g/mol. The molecule has 0 nitrogen and oxygen atoms in total. The van der Waals surface area contributed by atoms with Crippen LogP contribution in [0.25, 0.3) is 0 Å². The Hall–Kier alpha value is -1.48. The van der Waals surface area contributed by atoms with Crippen LogP contribution in [0.5, 0.6) is 0 Å². The molecule has 2 heteroatoms. The summed E-state index contributed by atoms with van der Waals surface area (Å²) < 4.78 is 0. The zero-order valence-corrected chi connectivity index (χ0v) is 14.9. The lowest BCUT2D eigenvalue weighted by Gasteiger charge is -2.13. The summed E-state index contributed by atoms with van der Waals surface area (Å²) in [4.78, 5) is 0. The lowest BCUT2D eigenvalue weighted by Crippen LogP contribution is -2.22. The van der Waals surface area contributed by atoms with Crippen LogP contribution in [0.1, 0.15) is 11.1 Å². The zero-order chi connectivity index (χ0) is 15.4. The van der Waals surface area contributed by atoms with E-state index in [0.717, 1.165) is 17.2 Å². The Kier molecular flexibility index (Phi) is 5.04. The molecule has 0 heterocycles. The fourth-order valence-corrected chi connectivity index (χ4v) is 5.08. The van der Waals surface area contributed by atoms with E-state index >= 15 is 0 Å². The van der Waals surface area contributed by atoms with E-state index in [0.29, 0.717) is 0 Å². The van der Waals surface area contributed by atoms with Gasteiger partial charge in [0.05, 0.1) is 0 Å². The third-order valence-electron chi connectivity index (χ3n) is 3.74. The Bertz CT molecular complexity index is 683. The van der Waals surface area contributed by atoms with Crippen molar-refractivity contribution in [1.82, 2.24) is 0 Å². The maximum absolute atomic E-state index is 2.38. The second-order valence-electron chi connectivity index (χ2n) is 5.46. The van der Waals surface area contributed by atoms with Crippen molar-refractivity contribution in [2.75, 3.05) is 0 Å². The van der Waals surface area contributed by atoms with Crippen LogP contribution in [0.4, 0.5) is 0 Å². The van der Waals surface area contributed by atoms with Crippen LogP contribution in [-0.2, 0) is 0 Å². The fraction of sp³-hybridized carbons (Fsp3) is 0.100. The van der Waals surface area contributed by atoms with Crippen molar-refractivity contribution in [3.05, 3.63) is 83.9 Å². The minimum absolute atomic E-state index is 0.727. The normalized spacial score (nSPS) is 11.7. The lowest BCUT2D eigenvalue weighted by atomic mass is 10.1. The summed E-state index contributed by atoms with van der Waals surface area (Å²) >= 11 is 0. The smallest absolute Gasteiger partial charge is 0.0146 e. The van der Waals surface area contributed by atoms with Gasteiger partial charge in [-0.05, 0) is 46.2 Å². The van der Waals surface area contributed by atoms with E-state index in [-0.39, 0.29) is 0 Å². The number of rotatable bonds is 4. The lowest BCUT2D eigenvalue weighted by molar-refractivity contribution is 1.36. The summed E-state index contributed by atoms with van der Waals surface area (Å²) in [5.74, 6) is 0. The second-order valence-corrected chi connectivity index (χ2v) is 8.20. The molecule has 0 aliphatic carbocycles. The monoisotopic (exact) mass is 322 g/mol. The molecule has 2 atom stereocenters. The van der Waals surface area contributed by atoms with Gasteiger partial charge in [0.2, 0.25) is 0 Å². The van der Waals surface area contributed by atoms with Gasteiger partial charge in [0, 0.05) is 0 Å². The highest BCUT2D eigenvalue weighted by molar-refractivity contribution is 7.62. The molecule has 0 radical (unpaired) electrons.